The van der Waals surface area contributed by atoms with Gasteiger partial charge in [0, 0.05) is 13.2 Å². The molecule has 0 radical (unpaired) electrons. The zero-order valence-electron chi connectivity index (χ0n) is 15.9. The summed E-state index contributed by atoms with van der Waals surface area (Å²) in [5, 5.41) is 2.82. The lowest BCUT2D eigenvalue weighted by atomic mass is 10.1. The van der Waals surface area contributed by atoms with E-state index in [9.17, 15) is 13.2 Å². The Hall–Kier alpha value is -2.58. The maximum Gasteiger partial charge on any atom is 0.261 e. The van der Waals surface area contributed by atoms with Crippen molar-refractivity contribution >= 4 is 21.6 Å². The van der Waals surface area contributed by atoms with E-state index in [-0.39, 0.29) is 28.2 Å². The molecular weight excluding hydrogens is 380 g/mol. The number of hydrogen-bond donors (Lipinski definition) is 2. The third-order valence-corrected chi connectivity index (χ3v) is 5.97. The first-order valence-electron chi connectivity index (χ1n) is 9.07. The number of anilines is 1. The molecule has 1 amide bonds. The number of nitrogens with one attached hydrogen (secondary N) is 2. The Bertz CT molecular complexity index is 953. The molecule has 7 nitrogen and oxygen atoms in total. The van der Waals surface area contributed by atoms with E-state index in [1.54, 1.807) is 37.3 Å². The molecule has 1 atom stereocenters. The summed E-state index contributed by atoms with van der Waals surface area (Å²) in [4.78, 5) is 12.7. The number of methoxy groups -OCH3 is 1. The van der Waals surface area contributed by atoms with Crippen LogP contribution in [-0.2, 0) is 14.8 Å². The van der Waals surface area contributed by atoms with Crippen LogP contribution >= 0.6 is 0 Å². The first-order valence-corrected chi connectivity index (χ1v) is 10.6. The normalized spacial score (nSPS) is 16.6. The Morgan fingerprint density at radius 1 is 1.25 bits per heavy atom. The number of rotatable bonds is 7. The van der Waals surface area contributed by atoms with Crippen LogP contribution in [0.4, 0.5) is 5.69 Å². The van der Waals surface area contributed by atoms with Crippen LogP contribution in [0.2, 0.25) is 0 Å². The van der Waals surface area contributed by atoms with Gasteiger partial charge < -0.3 is 14.8 Å². The monoisotopic (exact) mass is 404 g/mol. The van der Waals surface area contributed by atoms with Crippen LogP contribution in [0.5, 0.6) is 5.75 Å². The molecule has 150 valence electrons. The molecule has 0 aromatic heterocycles. The Kier molecular flexibility index (Phi) is 6.21. The summed E-state index contributed by atoms with van der Waals surface area (Å²) in [5.74, 6) is 0.257. The molecule has 1 unspecified atom stereocenters. The van der Waals surface area contributed by atoms with Gasteiger partial charge in [-0.05, 0) is 55.7 Å². The predicted molar refractivity (Wildman–Crippen MR) is 106 cm³/mol. The number of ether oxygens (including phenoxy) is 2. The fraction of sp³-hybridized carbons (Fsp3) is 0.350. The molecule has 0 aliphatic carbocycles. The van der Waals surface area contributed by atoms with Gasteiger partial charge in [-0.15, -0.1) is 0 Å². The summed E-state index contributed by atoms with van der Waals surface area (Å²) in [5.41, 5.74) is 1.18. The molecule has 2 aromatic carbocycles. The largest absolute Gasteiger partial charge is 0.496 e. The molecule has 8 heteroatoms. The minimum Gasteiger partial charge on any atom is -0.496 e. The van der Waals surface area contributed by atoms with Crippen molar-refractivity contribution in [1.29, 1.82) is 0 Å². The molecule has 1 heterocycles. The Balaban J connectivity index is 1.78. The van der Waals surface area contributed by atoms with Gasteiger partial charge in [0.25, 0.3) is 15.9 Å². The predicted octanol–water partition coefficient (Wildman–Crippen LogP) is 2.71. The molecule has 3 rings (SSSR count). The Labute approximate surface area is 165 Å². The molecule has 1 aliphatic rings. The lowest BCUT2D eigenvalue weighted by molar-refractivity contribution is 0.0858. The highest BCUT2D eigenvalue weighted by atomic mass is 32.2. The maximum absolute atomic E-state index is 12.8. The molecule has 1 saturated heterocycles. The second-order valence-corrected chi connectivity index (χ2v) is 8.31. The molecule has 0 saturated carbocycles. The maximum atomic E-state index is 12.8. The number of benzene rings is 2. The van der Waals surface area contributed by atoms with Gasteiger partial charge >= 0.3 is 0 Å². The molecule has 1 fully saturated rings. The zero-order valence-corrected chi connectivity index (χ0v) is 16.7. The van der Waals surface area contributed by atoms with E-state index in [2.05, 4.69) is 10.0 Å². The molecule has 0 spiro atoms. The topological polar surface area (TPSA) is 93.7 Å². The van der Waals surface area contributed by atoms with Crippen LogP contribution < -0.4 is 14.8 Å². The van der Waals surface area contributed by atoms with Gasteiger partial charge in [-0.3, -0.25) is 9.52 Å². The fourth-order valence-electron chi connectivity index (χ4n) is 3.10. The lowest BCUT2D eigenvalue weighted by Crippen LogP contribution is -2.32. The average molecular weight is 404 g/mol. The molecule has 1 aliphatic heterocycles. The summed E-state index contributed by atoms with van der Waals surface area (Å²) in [7, 11) is -2.33. The Morgan fingerprint density at radius 3 is 2.71 bits per heavy atom. The van der Waals surface area contributed by atoms with Gasteiger partial charge in [-0.25, -0.2) is 8.42 Å². The van der Waals surface area contributed by atoms with Crippen molar-refractivity contribution in [2.75, 3.05) is 25.0 Å². The van der Waals surface area contributed by atoms with Crippen LogP contribution in [-0.4, -0.2) is 40.7 Å². The van der Waals surface area contributed by atoms with Gasteiger partial charge in [0.2, 0.25) is 0 Å². The van der Waals surface area contributed by atoms with Crippen molar-refractivity contribution in [1.82, 2.24) is 5.32 Å². The van der Waals surface area contributed by atoms with Crippen LogP contribution in [0.25, 0.3) is 0 Å². The van der Waals surface area contributed by atoms with Gasteiger partial charge in [0.15, 0.2) is 0 Å². The van der Waals surface area contributed by atoms with Gasteiger partial charge in [-0.2, -0.15) is 0 Å². The number of carbonyl (C=O) groups excluding carboxylic acids is 1. The highest BCUT2D eigenvalue weighted by Gasteiger charge is 2.21. The van der Waals surface area contributed by atoms with Crippen LogP contribution in [0.15, 0.2) is 47.4 Å². The van der Waals surface area contributed by atoms with Crippen LogP contribution in [0, 0.1) is 6.92 Å². The quantitative estimate of drug-likeness (QED) is 0.740. The summed E-state index contributed by atoms with van der Waals surface area (Å²) >= 11 is 0. The van der Waals surface area contributed by atoms with Crippen molar-refractivity contribution in [2.45, 2.75) is 30.8 Å². The standard InChI is InChI=1S/C20H24N2O5S/c1-14-12-16(9-10-19(14)26-2)28(24,25)22-18-8-4-3-7-17(18)20(23)21-13-15-6-5-11-27-15/h3-4,7-10,12,15,22H,5-6,11,13H2,1-2H3,(H,21,23). The van der Waals surface area contributed by atoms with Crippen molar-refractivity contribution in [3.05, 3.63) is 53.6 Å². The number of aryl methyl sites for hydroxylation is 1. The molecule has 2 N–H and O–H groups in total. The summed E-state index contributed by atoms with van der Waals surface area (Å²) in [6.45, 7) is 2.88. The van der Waals surface area contributed by atoms with E-state index in [4.69, 9.17) is 9.47 Å². The fourth-order valence-corrected chi connectivity index (χ4v) is 4.26. The van der Waals surface area contributed by atoms with Gasteiger partial charge in [0.1, 0.15) is 5.75 Å². The number of para-hydroxylation sites is 1. The second-order valence-electron chi connectivity index (χ2n) is 6.63. The number of carbonyl (C=O) groups is 1. The van der Waals surface area contributed by atoms with E-state index in [0.29, 0.717) is 24.5 Å². The number of sulfonamides is 1. The highest BCUT2D eigenvalue weighted by molar-refractivity contribution is 7.92. The first-order chi connectivity index (χ1) is 13.4. The Morgan fingerprint density at radius 2 is 2.04 bits per heavy atom. The summed E-state index contributed by atoms with van der Waals surface area (Å²) in [6.07, 6.45) is 1.90. The third-order valence-electron chi connectivity index (χ3n) is 4.61. The molecule has 2 aromatic rings. The first kappa shape index (κ1) is 20.2. The second kappa shape index (κ2) is 8.62. The average Bonchev–Trinajstić information content (AvgIpc) is 3.20. The number of hydrogen-bond acceptors (Lipinski definition) is 5. The van der Waals surface area contributed by atoms with E-state index in [0.717, 1.165) is 12.8 Å². The van der Waals surface area contributed by atoms with Crippen molar-refractivity contribution in [3.63, 3.8) is 0 Å². The number of amides is 1. The molecule has 28 heavy (non-hydrogen) atoms. The lowest BCUT2D eigenvalue weighted by Gasteiger charge is -2.15. The zero-order chi connectivity index (χ0) is 20.1. The van der Waals surface area contributed by atoms with Crippen LogP contribution in [0.3, 0.4) is 0 Å². The van der Waals surface area contributed by atoms with E-state index >= 15 is 0 Å². The van der Waals surface area contributed by atoms with Gasteiger partial charge in [-0.1, -0.05) is 12.1 Å². The molecular formula is C20H24N2O5S. The highest BCUT2D eigenvalue weighted by Crippen LogP contribution is 2.24. The van der Waals surface area contributed by atoms with E-state index < -0.39 is 10.0 Å². The van der Waals surface area contributed by atoms with Crippen LogP contribution in [0.1, 0.15) is 28.8 Å². The summed E-state index contributed by atoms with van der Waals surface area (Å²) < 4.78 is 38.8. The minimum absolute atomic E-state index is 0.00933. The minimum atomic E-state index is -3.86. The van der Waals surface area contributed by atoms with Crippen molar-refractivity contribution in [2.24, 2.45) is 0 Å². The van der Waals surface area contributed by atoms with Crippen molar-refractivity contribution < 1.29 is 22.7 Å². The van der Waals surface area contributed by atoms with E-state index in [1.165, 1.54) is 19.2 Å². The third kappa shape index (κ3) is 4.63. The van der Waals surface area contributed by atoms with Crippen molar-refractivity contribution in [3.8, 4) is 5.75 Å². The van der Waals surface area contributed by atoms with Gasteiger partial charge in [0.05, 0.1) is 29.4 Å². The summed E-state index contributed by atoms with van der Waals surface area (Å²) in [6, 6.07) is 11.1. The smallest absolute Gasteiger partial charge is 0.261 e. The van der Waals surface area contributed by atoms with E-state index in [1.807, 2.05) is 0 Å². The molecule has 0 bridgehead atoms. The SMILES string of the molecule is COc1ccc(S(=O)(=O)Nc2ccccc2C(=O)NCC2CCCO2)cc1C.